The molecule has 0 bridgehead atoms. The van der Waals surface area contributed by atoms with Gasteiger partial charge in [-0.2, -0.15) is 0 Å². The van der Waals surface area contributed by atoms with Crippen LogP contribution in [0.15, 0.2) is 42.5 Å². The molecule has 3 nitrogen and oxygen atoms in total. The highest BCUT2D eigenvalue weighted by Gasteiger charge is 2.07. The first-order valence-corrected chi connectivity index (χ1v) is 6.93. The van der Waals surface area contributed by atoms with Gasteiger partial charge in [-0.3, -0.25) is 0 Å². The molecule has 2 aromatic rings. The summed E-state index contributed by atoms with van der Waals surface area (Å²) in [4.78, 5) is 11.8. The number of urea groups is 1. The van der Waals surface area contributed by atoms with Gasteiger partial charge < -0.3 is 10.6 Å². The Morgan fingerprint density at radius 3 is 2.55 bits per heavy atom. The van der Waals surface area contributed by atoms with Crippen molar-refractivity contribution in [1.29, 1.82) is 0 Å². The fourth-order valence-electron chi connectivity index (χ4n) is 1.60. The zero-order valence-electron chi connectivity index (χ0n) is 10.3. The van der Waals surface area contributed by atoms with E-state index < -0.39 is 0 Å². The fraction of sp³-hybridized carbons (Fsp3) is 0.0714. The van der Waals surface area contributed by atoms with E-state index in [2.05, 4.69) is 10.6 Å². The number of anilines is 1. The average Bonchev–Trinajstić information content (AvgIpc) is 2.42. The van der Waals surface area contributed by atoms with E-state index in [1.165, 1.54) is 0 Å². The second-order valence-corrected chi connectivity index (χ2v) is 5.26. The summed E-state index contributed by atoms with van der Waals surface area (Å²) in [7, 11) is 0. The van der Waals surface area contributed by atoms with Crippen LogP contribution in [0, 0.1) is 0 Å². The Bertz CT molecular complexity index is 632. The summed E-state index contributed by atoms with van der Waals surface area (Å²) in [6.07, 6.45) is 0. The molecule has 2 N–H and O–H groups in total. The highest BCUT2D eigenvalue weighted by molar-refractivity contribution is 6.43. The van der Waals surface area contributed by atoms with E-state index in [9.17, 15) is 4.79 Å². The predicted octanol–water partition coefficient (Wildman–Crippen LogP) is 4.97. The summed E-state index contributed by atoms with van der Waals surface area (Å²) in [5, 5.41) is 6.68. The maximum Gasteiger partial charge on any atom is 0.319 e. The zero-order valence-corrected chi connectivity index (χ0v) is 12.6. The second-order valence-electron chi connectivity index (χ2n) is 4.04. The first-order valence-electron chi connectivity index (χ1n) is 5.79. The van der Waals surface area contributed by atoms with Crippen molar-refractivity contribution in [1.82, 2.24) is 5.32 Å². The summed E-state index contributed by atoms with van der Waals surface area (Å²) < 4.78 is 0. The number of amides is 2. The Labute approximate surface area is 131 Å². The molecule has 0 radical (unpaired) electrons. The maximum absolute atomic E-state index is 11.8. The van der Waals surface area contributed by atoms with E-state index in [1.54, 1.807) is 30.3 Å². The molecule has 0 saturated heterocycles. The van der Waals surface area contributed by atoms with Gasteiger partial charge in [0.25, 0.3) is 0 Å². The largest absolute Gasteiger partial charge is 0.334 e. The predicted molar refractivity (Wildman–Crippen MR) is 83.8 cm³/mol. The van der Waals surface area contributed by atoms with Crippen molar-refractivity contribution >= 4 is 46.5 Å². The lowest BCUT2D eigenvalue weighted by atomic mass is 10.2. The van der Waals surface area contributed by atoms with Crippen LogP contribution < -0.4 is 10.6 Å². The molecule has 0 aliphatic carbocycles. The standard InChI is InChI=1S/C14H11Cl3N2O/c15-10-4-1-3-9(7-10)8-18-14(20)19-12-6-2-5-11(16)13(12)17/h1-7H,8H2,(H2,18,19,20). The van der Waals surface area contributed by atoms with Crippen LogP contribution in [-0.2, 0) is 6.54 Å². The van der Waals surface area contributed by atoms with Gasteiger partial charge in [0.05, 0.1) is 15.7 Å². The van der Waals surface area contributed by atoms with E-state index >= 15 is 0 Å². The van der Waals surface area contributed by atoms with Gasteiger partial charge in [0.15, 0.2) is 0 Å². The highest BCUT2D eigenvalue weighted by atomic mass is 35.5. The summed E-state index contributed by atoms with van der Waals surface area (Å²) in [5.74, 6) is 0. The number of hydrogen-bond acceptors (Lipinski definition) is 1. The van der Waals surface area contributed by atoms with Gasteiger partial charge >= 0.3 is 6.03 Å². The molecule has 2 rings (SSSR count). The quantitative estimate of drug-likeness (QED) is 0.820. The normalized spacial score (nSPS) is 10.2. The van der Waals surface area contributed by atoms with Crippen LogP contribution in [0.2, 0.25) is 15.1 Å². The molecule has 6 heteroatoms. The summed E-state index contributed by atoms with van der Waals surface area (Å²) in [6, 6.07) is 11.9. The first kappa shape index (κ1) is 15.0. The van der Waals surface area contributed by atoms with Crippen LogP contribution in [-0.4, -0.2) is 6.03 Å². The number of halogens is 3. The molecule has 20 heavy (non-hydrogen) atoms. The number of carbonyl (C=O) groups excluding carboxylic acids is 1. The molecule has 0 fully saturated rings. The van der Waals surface area contributed by atoms with Crippen LogP contribution in [0.4, 0.5) is 10.5 Å². The molecule has 104 valence electrons. The van der Waals surface area contributed by atoms with E-state index in [4.69, 9.17) is 34.8 Å². The van der Waals surface area contributed by atoms with Gasteiger partial charge in [-0.05, 0) is 29.8 Å². The van der Waals surface area contributed by atoms with Crippen molar-refractivity contribution in [2.24, 2.45) is 0 Å². The Morgan fingerprint density at radius 1 is 1.05 bits per heavy atom. The molecule has 0 unspecified atom stereocenters. The molecule has 0 aliphatic rings. The van der Waals surface area contributed by atoms with E-state index in [-0.39, 0.29) is 6.03 Å². The SMILES string of the molecule is O=C(NCc1cccc(Cl)c1)Nc1cccc(Cl)c1Cl. The van der Waals surface area contributed by atoms with Crippen molar-refractivity contribution < 1.29 is 4.79 Å². The minimum absolute atomic E-state index is 0.312. The lowest BCUT2D eigenvalue weighted by Gasteiger charge is -2.10. The van der Waals surface area contributed by atoms with Crippen molar-refractivity contribution in [2.75, 3.05) is 5.32 Å². The monoisotopic (exact) mass is 328 g/mol. The van der Waals surface area contributed by atoms with Gasteiger partial charge in [-0.25, -0.2) is 4.79 Å². The average molecular weight is 330 g/mol. The molecule has 0 atom stereocenters. The fourth-order valence-corrected chi connectivity index (χ4v) is 2.16. The number of hydrogen-bond donors (Lipinski definition) is 2. The topological polar surface area (TPSA) is 41.1 Å². The lowest BCUT2D eigenvalue weighted by Crippen LogP contribution is -2.28. The highest BCUT2D eigenvalue weighted by Crippen LogP contribution is 2.29. The number of nitrogens with one attached hydrogen (secondary N) is 2. The van der Waals surface area contributed by atoms with E-state index in [1.807, 2.05) is 12.1 Å². The van der Waals surface area contributed by atoms with Gasteiger partial charge in [-0.15, -0.1) is 0 Å². The third-order valence-corrected chi connectivity index (χ3v) is 3.60. The van der Waals surface area contributed by atoms with Crippen molar-refractivity contribution in [3.63, 3.8) is 0 Å². The zero-order chi connectivity index (χ0) is 14.5. The molecular formula is C14H11Cl3N2O. The second kappa shape index (κ2) is 6.84. The Hall–Kier alpha value is -1.42. The lowest BCUT2D eigenvalue weighted by molar-refractivity contribution is 0.251. The molecule has 0 heterocycles. The van der Waals surface area contributed by atoms with Crippen molar-refractivity contribution in [3.8, 4) is 0 Å². The Balaban J connectivity index is 1.94. The van der Waals surface area contributed by atoms with Crippen LogP contribution in [0.1, 0.15) is 5.56 Å². The van der Waals surface area contributed by atoms with Gasteiger partial charge in [0.2, 0.25) is 0 Å². The Morgan fingerprint density at radius 2 is 1.80 bits per heavy atom. The van der Waals surface area contributed by atoms with Crippen LogP contribution in [0.3, 0.4) is 0 Å². The first-order chi connectivity index (χ1) is 9.56. The molecule has 2 amide bonds. The molecule has 0 aromatic heterocycles. The van der Waals surface area contributed by atoms with E-state index in [0.717, 1.165) is 5.56 Å². The molecule has 0 saturated carbocycles. The minimum atomic E-state index is -0.367. The van der Waals surface area contributed by atoms with Crippen LogP contribution >= 0.6 is 34.8 Å². The molecular weight excluding hydrogens is 319 g/mol. The van der Waals surface area contributed by atoms with Gasteiger partial charge in [0.1, 0.15) is 0 Å². The van der Waals surface area contributed by atoms with E-state index in [0.29, 0.717) is 27.3 Å². The molecule has 0 spiro atoms. The van der Waals surface area contributed by atoms with Gasteiger partial charge in [0, 0.05) is 11.6 Å². The molecule has 2 aromatic carbocycles. The van der Waals surface area contributed by atoms with Gasteiger partial charge in [-0.1, -0.05) is 53.0 Å². The van der Waals surface area contributed by atoms with Crippen LogP contribution in [0.5, 0.6) is 0 Å². The number of rotatable bonds is 3. The smallest absolute Gasteiger partial charge is 0.319 e. The summed E-state index contributed by atoms with van der Waals surface area (Å²) in [6.45, 7) is 0.366. The third-order valence-electron chi connectivity index (χ3n) is 2.54. The Kier molecular flexibility index (Phi) is 5.12. The van der Waals surface area contributed by atoms with Crippen molar-refractivity contribution in [3.05, 3.63) is 63.1 Å². The maximum atomic E-state index is 11.8. The van der Waals surface area contributed by atoms with Crippen LogP contribution in [0.25, 0.3) is 0 Å². The van der Waals surface area contributed by atoms with Crippen molar-refractivity contribution in [2.45, 2.75) is 6.54 Å². The summed E-state index contributed by atoms with van der Waals surface area (Å²) in [5.41, 5.74) is 1.37. The minimum Gasteiger partial charge on any atom is -0.334 e. The summed E-state index contributed by atoms with van der Waals surface area (Å²) >= 11 is 17.7. The number of carbonyl (C=O) groups is 1. The molecule has 0 aliphatic heterocycles. The third kappa shape index (κ3) is 4.04. The number of benzene rings is 2.